The molecule has 1 heterocycles. The number of aromatic nitrogens is 1. The van der Waals surface area contributed by atoms with Crippen molar-refractivity contribution in [3.8, 4) is 5.75 Å². The van der Waals surface area contributed by atoms with Crippen LogP contribution in [0.1, 0.15) is 69.5 Å². The van der Waals surface area contributed by atoms with E-state index in [9.17, 15) is 5.11 Å². The standard InChI is InChI=1S/C30H40N2OS/c1-22-11-10-12-23(17-22)20-32(21-25-13-8-9-14-31-25)15-16-34-27-19-24(29(2,3)4)18-26(28(27)33)30(5,6)7/h8-14,17-19,33H,15-16,20-21H2,1-7H3. The van der Waals surface area contributed by atoms with E-state index < -0.39 is 0 Å². The van der Waals surface area contributed by atoms with Gasteiger partial charge in [-0.3, -0.25) is 9.88 Å². The summed E-state index contributed by atoms with van der Waals surface area (Å²) >= 11 is 1.75. The van der Waals surface area contributed by atoms with Crippen LogP contribution in [0.4, 0.5) is 0 Å². The quantitative estimate of drug-likeness (QED) is 0.342. The van der Waals surface area contributed by atoms with Gasteiger partial charge in [0.1, 0.15) is 5.75 Å². The van der Waals surface area contributed by atoms with Crippen LogP contribution in [-0.2, 0) is 23.9 Å². The lowest BCUT2D eigenvalue weighted by molar-refractivity contribution is 0.270. The van der Waals surface area contributed by atoms with Crippen molar-refractivity contribution in [2.24, 2.45) is 0 Å². The normalized spacial score (nSPS) is 12.4. The zero-order valence-corrected chi connectivity index (χ0v) is 22.7. The van der Waals surface area contributed by atoms with E-state index >= 15 is 0 Å². The number of thioether (sulfide) groups is 1. The average Bonchev–Trinajstić information content (AvgIpc) is 2.74. The highest BCUT2D eigenvalue weighted by Crippen LogP contribution is 2.41. The highest BCUT2D eigenvalue weighted by atomic mass is 32.2. The Morgan fingerprint density at radius 3 is 2.26 bits per heavy atom. The summed E-state index contributed by atoms with van der Waals surface area (Å²) in [5.74, 6) is 1.32. The van der Waals surface area contributed by atoms with Crippen molar-refractivity contribution >= 4 is 11.8 Å². The molecule has 0 unspecified atom stereocenters. The number of aromatic hydroxyl groups is 1. The lowest BCUT2D eigenvalue weighted by atomic mass is 9.80. The minimum Gasteiger partial charge on any atom is -0.506 e. The predicted molar refractivity (Wildman–Crippen MR) is 146 cm³/mol. The summed E-state index contributed by atoms with van der Waals surface area (Å²) in [5, 5.41) is 11.1. The minimum atomic E-state index is -0.114. The van der Waals surface area contributed by atoms with Gasteiger partial charge in [0.25, 0.3) is 0 Å². The van der Waals surface area contributed by atoms with Crippen LogP contribution in [0.25, 0.3) is 0 Å². The van der Waals surface area contributed by atoms with E-state index in [1.807, 2.05) is 18.3 Å². The molecule has 182 valence electrons. The largest absolute Gasteiger partial charge is 0.506 e. The Morgan fingerprint density at radius 1 is 0.882 bits per heavy atom. The molecule has 0 amide bonds. The predicted octanol–water partition coefficient (Wildman–Crippen LogP) is 7.49. The van der Waals surface area contributed by atoms with Gasteiger partial charge in [0, 0.05) is 42.0 Å². The molecule has 1 N–H and O–H groups in total. The Balaban J connectivity index is 1.80. The van der Waals surface area contributed by atoms with Crippen LogP contribution < -0.4 is 0 Å². The molecule has 0 fully saturated rings. The Morgan fingerprint density at radius 2 is 1.65 bits per heavy atom. The maximum absolute atomic E-state index is 11.1. The summed E-state index contributed by atoms with van der Waals surface area (Å²) < 4.78 is 0. The number of hydrogen-bond acceptors (Lipinski definition) is 4. The van der Waals surface area contributed by atoms with Crippen LogP contribution >= 0.6 is 11.8 Å². The topological polar surface area (TPSA) is 36.4 Å². The van der Waals surface area contributed by atoms with Gasteiger partial charge in [-0.2, -0.15) is 0 Å². The van der Waals surface area contributed by atoms with E-state index in [2.05, 4.69) is 101 Å². The van der Waals surface area contributed by atoms with Crippen molar-refractivity contribution in [3.05, 3.63) is 88.7 Å². The van der Waals surface area contributed by atoms with E-state index in [0.717, 1.165) is 41.5 Å². The van der Waals surface area contributed by atoms with Crippen LogP contribution in [0.15, 0.2) is 65.7 Å². The fourth-order valence-electron chi connectivity index (χ4n) is 4.01. The second-order valence-electron chi connectivity index (χ2n) is 11.2. The third-order valence-electron chi connectivity index (χ3n) is 6.01. The number of phenolic OH excluding ortho intramolecular Hbond substituents is 1. The third kappa shape index (κ3) is 7.35. The van der Waals surface area contributed by atoms with Crippen molar-refractivity contribution in [1.82, 2.24) is 9.88 Å². The number of benzene rings is 2. The van der Waals surface area contributed by atoms with E-state index in [-0.39, 0.29) is 10.8 Å². The maximum Gasteiger partial charge on any atom is 0.132 e. The zero-order valence-electron chi connectivity index (χ0n) is 21.9. The smallest absolute Gasteiger partial charge is 0.132 e. The molecule has 0 saturated heterocycles. The van der Waals surface area contributed by atoms with Gasteiger partial charge in [-0.25, -0.2) is 0 Å². The molecule has 0 aliphatic carbocycles. The van der Waals surface area contributed by atoms with Gasteiger partial charge in [-0.05, 0) is 47.1 Å². The van der Waals surface area contributed by atoms with E-state index in [4.69, 9.17) is 0 Å². The van der Waals surface area contributed by atoms with Gasteiger partial charge < -0.3 is 5.11 Å². The summed E-state index contributed by atoms with van der Waals surface area (Å²) in [4.78, 5) is 7.97. The van der Waals surface area contributed by atoms with Crippen LogP contribution in [-0.4, -0.2) is 27.3 Å². The second-order valence-corrected chi connectivity index (χ2v) is 12.4. The molecule has 0 aliphatic rings. The molecule has 4 heteroatoms. The van der Waals surface area contributed by atoms with Crippen molar-refractivity contribution in [1.29, 1.82) is 0 Å². The SMILES string of the molecule is Cc1cccc(CN(CCSc2cc(C(C)(C)C)cc(C(C)(C)C)c2O)Cc2ccccn2)c1. The monoisotopic (exact) mass is 476 g/mol. The fraction of sp³-hybridized carbons (Fsp3) is 0.433. The molecule has 3 rings (SSSR count). The van der Waals surface area contributed by atoms with Gasteiger partial charge in [0.2, 0.25) is 0 Å². The van der Waals surface area contributed by atoms with Crippen LogP contribution in [0.2, 0.25) is 0 Å². The number of hydrogen-bond donors (Lipinski definition) is 1. The van der Waals surface area contributed by atoms with Crippen LogP contribution in [0, 0.1) is 6.92 Å². The molecule has 0 bridgehead atoms. The molecule has 3 aromatic rings. The summed E-state index contributed by atoms with van der Waals surface area (Å²) in [6.45, 7) is 17.9. The first-order chi connectivity index (χ1) is 15.9. The molecule has 0 atom stereocenters. The maximum atomic E-state index is 11.1. The molecule has 1 aromatic heterocycles. The lowest BCUT2D eigenvalue weighted by Gasteiger charge is -2.27. The first kappa shape index (κ1) is 26.3. The zero-order chi connectivity index (χ0) is 24.9. The second kappa shape index (κ2) is 11.0. The van der Waals surface area contributed by atoms with E-state index in [1.54, 1.807) is 11.8 Å². The molecular formula is C30H40N2OS. The van der Waals surface area contributed by atoms with Gasteiger partial charge in [0.15, 0.2) is 0 Å². The van der Waals surface area contributed by atoms with Gasteiger partial charge in [-0.1, -0.05) is 83.5 Å². The molecule has 0 radical (unpaired) electrons. The summed E-state index contributed by atoms with van der Waals surface area (Å²) in [6.07, 6.45) is 1.86. The van der Waals surface area contributed by atoms with Crippen LogP contribution in [0.3, 0.4) is 0 Å². The Kier molecular flexibility index (Phi) is 8.48. The van der Waals surface area contributed by atoms with Gasteiger partial charge in [-0.15, -0.1) is 11.8 Å². The first-order valence-electron chi connectivity index (χ1n) is 12.1. The van der Waals surface area contributed by atoms with Crippen molar-refractivity contribution < 1.29 is 5.11 Å². The number of phenols is 1. The number of pyridine rings is 1. The molecule has 0 saturated carbocycles. The number of nitrogens with zero attached hydrogens (tertiary/aromatic N) is 2. The molecule has 3 nitrogen and oxygen atoms in total. The minimum absolute atomic E-state index is 0.0270. The van der Waals surface area contributed by atoms with Gasteiger partial charge >= 0.3 is 0 Å². The first-order valence-corrected chi connectivity index (χ1v) is 13.1. The number of rotatable bonds is 8. The molecule has 34 heavy (non-hydrogen) atoms. The van der Waals surface area contributed by atoms with Crippen molar-refractivity contribution in [2.45, 2.75) is 77.3 Å². The van der Waals surface area contributed by atoms with Crippen molar-refractivity contribution in [3.63, 3.8) is 0 Å². The van der Waals surface area contributed by atoms with Crippen LogP contribution in [0.5, 0.6) is 5.75 Å². The Hall–Kier alpha value is -2.30. The third-order valence-corrected chi connectivity index (χ3v) is 7.02. The Labute approximate surface area is 210 Å². The molecule has 0 aliphatic heterocycles. The van der Waals surface area contributed by atoms with E-state index in [0.29, 0.717) is 5.75 Å². The fourth-order valence-corrected chi connectivity index (χ4v) is 5.04. The highest BCUT2D eigenvalue weighted by molar-refractivity contribution is 7.99. The average molecular weight is 477 g/mol. The number of aryl methyl sites for hydroxylation is 1. The highest BCUT2D eigenvalue weighted by Gasteiger charge is 2.25. The van der Waals surface area contributed by atoms with E-state index in [1.165, 1.54) is 16.7 Å². The summed E-state index contributed by atoms with van der Waals surface area (Å²) in [6, 6.07) is 19.2. The molecular weight excluding hydrogens is 436 g/mol. The van der Waals surface area contributed by atoms with Crippen molar-refractivity contribution in [2.75, 3.05) is 12.3 Å². The molecule has 2 aromatic carbocycles. The summed E-state index contributed by atoms with van der Waals surface area (Å²) in [7, 11) is 0. The summed E-state index contributed by atoms with van der Waals surface area (Å²) in [5.41, 5.74) is 5.87. The lowest BCUT2D eigenvalue weighted by Crippen LogP contribution is -2.26. The van der Waals surface area contributed by atoms with Gasteiger partial charge in [0.05, 0.1) is 5.69 Å². The molecule has 0 spiro atoms. The Bertz CT molecular complexity index is 1080.